The summed E-state index contributed by atoms with van der Waals surface area (Å²) in [5.74, 6) is -1.11. The number of rotatable bonds is 8. The lowest BCUT2D eigenvalue weighted by Crippen LogP contribution is -2.41. The van der Waals surface area contributed by atoms with Crippen LogP contribution in [0.1, 0.15) is 64.8 Å². The Kier molecular flexibility index (Phi) is 8.56. The van der Waals surface area contributed by atoms with Gasteiger partial charge in [0.15, 0.2) is 0 Å². The number of halogens is 3. The summed E-state index contributed by atoms with van der Waals surface area (Å²) in [5, 5.41) is -0.145. The number of pyridine rings is 1. The molecule has 0 radical (unpaired) electrons. The summed E-state index contributed by atoms with van der Waals surface area (Å²) >= 11 is 7.43. The van der Waals surface area contributed by atoms with Gasteiger partial charge in [-0.15, -0.1) is 11.3 Å². The van der Waals surface area contributed by atoms with E-state index in [9.17, 15) is 18.4 Å². The smallest absolute Gasteiger partial charge is 0.267 e. The Hall–Kier alpha value is -3.56. The lowest BCUT2D eigenvalue weighted by atomic mass is 9.83. The number of aromatic nitrogens is 1. The molecule has 1 aliphatic carbocycles. The van der Waals surface area contributed by atoms with Gasteiger partial charge in [0.1, 0.15) is 28.0 Å². The normalized spacial score (nSPS) is 17.0. The quantitative estimate of drug-likeness (QED) is 0.226. The van der Waals surface area contributed by atoms with E-state index in [1.165, 1.54) is 6.20 Å². The van der Waals surface area contributed by atoms with E-state index in [4.69, 9.17) is 22.1 Å². The number of fused-ring (bicyclic) bond motifs is 1. The SMILES string of the molecule is CC[C@H]1CC[C@H](N(Cc2cc(-c3ccnc(C(N)=O)c3)ccc2OC)C(=O)c2sc3c(F)ccc(F)c3c2Cl)CC1. The Morgan fingerprint density at radius 1 is 1.07 bits per heavy atom. The first-order valence-corrected chi connectivity index (χ1v) is 14.7. The van der Waals surface area contributed by atoms with Gasteiger partial charge < -0.3 is 15.4 Å². The topological polar surface area (TPSA) is 85.5 Å². The van der Waals surface area contributed by atoms with Crippen molar-refractivity contribution in [3.8, 4) is 16.9 Å². The van der Waals surface area contributed by atoms with Crippen molar-refractivity contribution in [2.45, 2.75) is 51.6 Å². The maximum Gasteiger partial charge on any atom is 0.267 e. The number of carbonyl (C=O) groups excluding carboxylic acids is 2. The minimum atomic E-state index is -0.668. The van der Waals surface area contributed by atoms with Crippen LogP contribution in [0.25, 0.3) is 21.2 Å². The molecule has 0 spiro atoms. The summed E-state index contributed by atoms with van der Waals surface area (Å²) < 4.78 is 34.9. The summed E-state index contributed by atoms with van der Waals surface area (Å²) in [6.07, 6.45) is 6.18. The van der Waals surface area contributed by atoms with Crippen LogP contribution in [-0.4, -0.2) is 34.8 Å². The van der Waals surface area contributed by atoms with E-state index in [1.54, 1.807) is 24.1 Å². The van der Waals surface area contributed by atoms with Crippen LogP contribution in [0, 0.1) is 17.6 Å². The van der Waals surface area contributed by atoms with Gasteiger partial charge >= 0.3 is 0 Å². The van der Waals surface area contributed by atoms with E-state index in [1.807, 2.05) is 18.2 Å². The van der Waals surface area contributed by atoms with Crippen LogP contribution < -0.4 is 10.5 Å². The van der Waals surface area contributed by atoms with Crippen LogP contribution in [0.3, 0.4) is 0 Å². The lowest BCUT2D eigenvalue weighted by molar-refractivity contribution is 0.0591. The Morgan fingerprint density at radius 2 is 1.78 bits per heavy atom. The zero-order chi connectivity index (χ0) is 29.3. The number of ether oxygens (including phenoxy) is 1. The Balaban J connectivity index is 1.56. The molecule has 1 aliphatic rings. The molecule has 0 saturated heterocycles. The molecule has 10 heteroatoms. The highest BCUT2D eigenvalue weighted by Crippen LogP contribution is 2.41. The van der Waals surface area contributed by atoms with Gasteiger partial charge in [0, 0.05) is 24.3 Å². The van der Waals surface area contributed by atoms with Gasteiger partial charge in [-0.3, -0.25) is 14.6 Å². The number of thiophene rings is 1. The molecule has 1 fully saturated rings. The van der Waals surface area contributed by atoms with Crippen molar-refractivity contribution >= 4 is 44.8 Å². The number of amides is 2. The molecular weight excluding hydrogens is 568 g/mol. The Bertz CT molecular complexity index is 1620. The molecule has 1 saturated carbocycles. The van der Waals surface area contributed by atoms with E-state index in [-0.39, 0.29) is 44.2 Å². The van der Waals surface area contributed by atoms with Gasteiger partial charge in [-0.2, -0.15) is 0 Å². The predicted molar refractivity (Wildman–Crippen MR) is 157 cm³/mol. The molecule has 5 rings (SSSR count). The first-order chi connectivity index (χ1) is 19.7. The second kappa shape index (κ2) is 12.1. The number of benzene rings is 2. The van der Waals surface area contributed by atoms with Crippen molar-refractivity contribution < 1.29 is 23.1 Å². The molecule has 214 valence electrons. The molecule has 4 aromatic rings. The zero-order valence-electron chi connectivity index (χ0n) is 22.8. The molecule has 41 heavy (non-hydrogen) atoms. The van der Waals surface area contributed by atoms with Gasteiger partial charge in [0.2, 0.25) is 0 Å². The highest BCUT2D eigenvalue weighted by atomic mass is 35.5. The third kappa shape index (κ3) is 5.78. The van der Waals surface area contributed by atoms with Crippen molar-refractivity contribution in [1.82, 2.24) is 9.88 Å². The van der Waals surface area contributed by atoms with Crippen molar-refractivity contribution in [3.05, 3.63) is 81.5 Å². The first-order valence-electron chi connectivity index (χ1n) is 13.5. The average Bonchev–Trinajstić information content (AvgIpc) is 3.35. The maximum atomic E-state index is 14.7. The maximum absolute atomic E-state index is 14.7. The third-order valence-electron chi connectivity index (χ3n) is 7.94. The Labute approximate surface area is 246 Å². The van der Waals surface area contributed by atoms with Crippen LogP contribution in [0.2, 0.25) is 5.02 Å². The highest BCUT2D eigenvalue weighted by Gasteiger charge is 2.33. The van der Waals surface area contributed by atoms with Gasteiger partial charge in [-0.1, -0.05) is 31.0 Å². The molecule has 0 atom stereocenters. The summed E-state index contributed by atoms with van der Waals surface area (Å²) in [5.41, 5.74) is 7.83. The summed E-state index contributed by atoms with van der Waals surface area (Å²) in [6, 6.07) is 10.9. The number of methoxy groups -OCH3 is 1. The molecule has 0 aliphatic heterocycles. The zero-order valence-corrected chi connectivity index (χ0v) is 24.3. The highest BCUT2D eigenvalue weighted by molar-refractivity contribution is 7.21. The minimum Gasteiger partial charge on any atom is -0.496 e. The van der Waals surface area contributed by atoms with Gasteiger partial charge in [0.05, 0.1) is 22.2 Å². The molecule has 2 amide bonds. The van der Waals surface area contributed by atoms with Crippen LogP contribution in [-0.2, 0) is 6.54 Å². The lowest BCUT2D eigenvalue weighted by Gasteiger charge is -2.37. The van der Waals surface area contributed by atoms with Crippen molar-refractivity contribution in [2.24, 2.45) is 11.7 Å². The minimum absolute atomic E-state index is 0.0236. The van der Waals surface area contributed by atoms with Crippen molar-refractivity contribution in [2.75, 3.05) is 7.11 Å². The number of carbonyl (C=O) groups is 2. The summed E-state index contributed by atoms with van der Waals surface area (Å²) in [6.45, 7) is 2.37. The van der Waals surface area contributed by atoms with Crippen LogP contribution in [0.15, 0.2) is 48.7 Å². The molecule has 6 nitrogen and oxygen atoms in total. The second-order valence-electron chi connectivity index (χ2n) is 10.3. The molecule has 0 bridgehead atoms. The fraction of sp³-hybridized carbons (Fsp3) is 0.323. The monoisotopic (exact) mass is 597 g/mol. The number of nitrogens with zero attached hydrogens (tertiary/aromatic N) is 2. The van der Waals surface area contributed by atoms with E-state index in [2.05, 4.69) is 11.9 Å². The van der Waals surface area contributed by atoms with Gasteiger partial charge in [-0.25, -0.2) is 8.78 Å². The predicted octanol–water partition coefficient (Wildman–Crippen LogP) is 7.61. The molecular formula is C31H30ClF2N3O3S. The summed E-state index contributed by atoms with van der Waals surface area (Å²) in [7, 11) is 1.56. The number of primary amides is 1. The fourth-order valence-electron chi connectivity index (χ4n) is 5.61. The first kappa shape index (κ1) is 29.0. The Morgan fingerprint density at radius 3 is 2.44 bits per heavy atom. The fourth-order valence-corrected chi connectivity index (χ4v) is 7.11. The standard InChI is InChI=1S/C31H30ClF2N3O3S/c1-3-17-4-7-21(8-5-17)37(31(39)29-27(32)26-22(33)9-10-23(34)28(26)41-29)16-20-14-18(6-11-25(20)40-2)19-12-13-36-24(15-19)30(35)38/h6,9-15,17,21H,3-5,7-8,16H2,1-2H3,(H2,35,38)/t17-,21-. The van der Waals surface area contributed by atoms with Gasteiger partial charge in [0.25, 0.3) is 11.8 Å². The van der Waals surface area contributed by atoms with Crippen molar-refractivity contribution in [3.63, 3.8) is 0 Å². The van der Waals surface area contributed by atoms with E-state index >= 15 is 0 Å². The van der Waals surface area contributed by atoms with E-state index in [0.717, 1.165) is 72.3 Å². The number of hydrogen-bond donors (Lipinski definition) is 1. The van der Waals surface area contributed by atoms with E-state index in [0.29, 0.717) is 11.7 Å². The molecule has 2 aromatic heterocycles. The molecule has 2 heterocycles. The molecule has 2 aromatic carbocycles. The van der Waals surface area contributed by atoms with Crippen LogP contribution in [0.5, 0.6) is 5.75 Å². The summed E-state index contributed by atoms with van der Waals surface area (Å²) in [4.78, 5) is 31.8. The largest absolute Gasteiger partial charge is 0.496 e. The van der Waals surface area contributed by atoms with Gasteiger partial charge in [-0.05, 0) is 79.1 Å². The van der Waals surface area contributed by atoms with E-state index < -0.39 is 17.5 Å². The van der Waals surface area contributed by atoms with Crippen LogP contribution >= 0.6 is 22.9 Å². The average molecular weight is 598 g/mol. The number of nitrogens with two attached hydrogens (primary N) is 1. The third-order valence-corrected chi connectivity index (χ3v) is 9.61. The number of hydrogen-bond acceptors (Lipinski definition) is 5. The molecule has 0 unspecified atom stereocenters. The molecule has 2 N–H and O–H groups in total. The van der Waals surface area contributed by atoms with Crippen molar-refractivity contribution in [1.29, 1.82) is 0 Å². The second-order valence-corrected chi connectivity index (χ2v) is 11.7. The van der Waals surface area contributed by atoms with Crippen LogP contribution in [0.4, 0.5) is 8.78 Å².